The van der Waals surface area contributed by atoms with Gasteiger partial charge in [0.05, 0.1) is 4.90 Å². The number of sulfonamides is 1. The molecule has 0 atom stereocenters. The summed E-state index contributed by atoms with van der Waals surface area (Å²) in [5.74, 6) is 2.49. The second kappa shape index (κ2) is 7.56. The minimum Gasteiger partial charge on any atom is -0.350 e. The molecule has 4 aliphatic carbocycles. The van der Waals surface area contributed by atoms with Gasteiger partial charge in [-0.05, 0) is 92.0 Å². The number of nitrogens with zero attached hydrogens (tertiary/aromatic N) is 1. The molecule has 4 bridgehead atoms. The lowest BCUT2D eigenvalue weighted by Gasteiger charge is -2.57. The number of amides is 1. The van der Waals surface area contributed by atoms with Crippen LogP contribution in [0, 0.1) is 23.7 Å². The summed E-state index contributed by atoms with van der Waals surface area (Å²) in [4.78, 5) is 13.5. The van der Waals surface area contributed by atoms with Crippen molar-refractivity contribution in [2.75, 3.05) is 13.1 Å². The number of benzene rings is 2. The van der Waals surface area contributed by atoms with Crippen LogP contribution in [-0.2, 0) is 14.8 Å². The second-order valence-electron chi connectivity index (χ2n) is 10.9. The molecule has 1 heterocycles. The molecule has 1 amide bonds. The maximum atomic E-state index is 13.2. The molecule has 0 aromatic heterocycles. The van der Waals surface area contributed by atoms with Crippen LogP contribution in [0.2, 0.25) is 0 Å². The Kier molecular flexibility index (Phi) is 4.88. The first kappa shape index (κ1) is 20.7. The minimum absolute atomic E-state index is 0.0279. The number of rotatable bonds is 4. The Bertz CT molecular complexity index is 1120. The normalized spacial score (nSPS) is 32.9. The molecule has 0 radical (unpaired) electrons. The molecule has 0 spiro atoms. The van der Waals surface area contributed by atoms with Crippen molar-refractivity contribution in [1.82, 2.24) is 9.62 Å². The zero-order valence-electron chi connectivity index (χ0n) is 18.5. The van der Waals surface area contributed by atoms with E-state index in [1.807, 2.05) is 30.3 Å². The van der Waals surface area contributed by atoms with Crippen LogP contribution >= 0.6 is 0 Å². The first-order valence-electron chi connectivity index (χ1n) is 12.2. The van der Waals surface area contributed by atoms with E-state index in [-0.39, 0.29) is 17.4 Å². The van der Waals surface area contributed by atoms with Gasteiger partial charge in [-0.3, -0.25) is 4.79 Å². The van der Waals surface area contributed by atoms with Crippen LogP contribution in [-0.4, -0.2) is 37.3 Å². The molecule has 1 aliphatic heterocycles. The highest BCUT2D eigenvalue weighted by molar-refractivity contribution is 7.89. The maximum Gasteiger partial charge on any atom is 0.243 e. The van der Waals surface area contributed by atoms with E-state index in [0.29, 0.717) is 30.8 Å². The summed E-state index contributed by atoms with van der Waals surface area (Å²) in [6, 6.07) is 13.1. The van der Waals surface area contributed by atoms with E-state index in [1.165, 1.54) is 19.3 Å². The molecular weight excluding hydrogens is 420 g/mol. The van der Waals surface area contributed by atoms with Crippen molar-refractivity contribution in [3.8, 4) is 0 Å². The van der Waals surface area contributed by atoms with E-state index in [2.05, 4.69) is 5.32 Å². The first-order chi connectivity index (χ1) is 15.4. The van der Waals surface area contributed by atoms with E-state index in [0.717, 1.165) is 47.8 Å². The molecular formula is C26H32N2O3S. The van der Waals surface area contributed by atoms with Gasteiger partial charge in [0.25, 0.3) is 0 Å². The van der Waals surface area contributed by atoms with Gasteiger partial charge in [-0.2, -0.15) is 4.31 Å². The van der Waals surface area contributed by atoms with Crippen molar-refractivity contribution < 1.29 is 13.2 Å². The van der Waals surface area contributed by atoms with Crippen LogP contribution in [0.15, 0.2) is 47.4 Å². The van der Waals surface area contributed by atoms with Crippen LogP contribution in [0.3, 0.4) is 0 Å². The number of carbonyl (C=O) groups is 1. The van der Waals surface area contributed by atoms with Gasteiger partial charge < -0.3 is 5.32 Å². The molecule has 5 fully saturated rings. The van der Waals surface area contributed by atoms with Gasteiger partial charge in [0.15, 0.2) is 0 Å². The summed E-state index contributed by atoms with van der Waals surface area (Å²) in [7, 11) is -3.54. The van der Waals surface area contributed by atoms with Crippen molar-refractivity contribution in [2.45, 2.75) is 61.8 Å². The highest BCUT2D eigenvalue weighted by Crippen LogP contribution is 2.55. The van der Waals surface area contributed by atoms with Crippen LogP contribution in [0.5, 0.6) is 0 Å². The highest BCUT2D eigenvalue weighted by Gasteiger charge is 2.52. The van der Waals surface area contributed by atoms with Crippen molar-refractivity contribution in [3.63, 3.8) is 0 Å². The van der Waals surface area contributed by atoms with Gasteiger partial charge in [-0.25, -0.2) is 8.42 Å². The monoisotopic (exact) mass is 452 g/mol. The predicted molar refractivity (Wildman–Crippen MR) is 124 cm³/mol. The maximum absolute atomic E-state index is 13.2. The van der Waals surface area contributed by atoms with Gasteiger partial charge in [0.1, 0.15) is 0 Å². The van der Waals surface area contributed by atoms with Crippen molar-refractivity contribution in [1.29, 1.82) is 0 Å². The molecule has 2 aromatic carbocycles. The third-order valence-electron chi connectivity index (χ3n) is 8.61. The standard InChI is InChI=1S/C26H32N2O3S/c29-25(27-26-15-18-11-19(16-26)13-20(12-18)17-26)22-7-9-28(10-8-22)32(30,31)24-6-5-21-3-1-2-4-23(21)14-24/h1-6,14,18-20,22H,7-13,15-17H2,(H,27,29). The lowest BCUT2D eigenvalue weighted by molar-refractivity contribution is -0.132. The summed E-state index contributed by atoms with van der Waals surface area (Å²) in [6.45, 7) is 0.822. The van der Waals surface area contributed by atoms with Crippen molar-refractivity contribution in [3.05, 3.63) is 42.5 Å². The van der Waals surface area contributed by atoms with Crippen LogP contribution in [0.25, 0.3) is 10.8 Å². The summed E-state index contributed by atoms with van der Waals surface area (Å²) in [5.41, 5.74) is 0.0279. The topological polar surface area (TPSA) is 66.5 Å². The number of carbonyl (C=O) groups excluding carboxylic acids is 1. The summed E-state index contributed by atoms with van der Waals surface area (Å²) >= 11 is 0. The van der Waals surface area contributed by atoms with E-state index in [9.17, 15) is 13.2 Å². The van der Waals surface area contributed by atoms with E-state index in [4.69, 9.17) is 0 Å². The molecule has 1 N–H and O–H groups in total. The molecule has 0 unspecified atom stereocenters. The van der Waals surface area contributed by atoms with E-state index >= 15 is 0 Å². The second-order valence-corrected chi connectivity index (χ2v) is 12.8. The van der Waals surface area contributed by atoms with Crippen molar-refractivity contribution in [2.24, 2.45) is 23.7 Å². The van der Waals surface area contributed by atoms with Gasteiger partial charge in [0, 0.05) is 24.5 Å². The highest BCUT2D eigenvalue weighted by atomic mass is 32.2. The average Bonchev–Trinajstić information content (AvgIpc) is 2.77. The molecule has 6 heteroatoms. The third-order valence-corrected chi connectivity index (χ3v) is 10.5. The molecule has 170 valence electrons. The lowest BCUT2D eigenvalue weighted by atomic mass is 9.53. The number of piperidine rings is 1. The van der Waals surface area contributed by atoms with Gasteiger partial charge in [-0.15, -0.1) is 0 Å². The fraction of sp³-hybridized carbons (Fsp3) is 0.577. The van der Waals surface area contributed by atoms with Crippen LogP contribution < -0.4 is 5.32 Å². The summed E-state index contributed by atoms with van der Waals surface area (Å²) in [6.07, 6.45) is 8.75. The Morgan fingerprint density at radius 2 is 1.47 bits per heavy atom. The number of fused-ring (bicyclic) bond motifs is 1. The Labute approximate surface area is 190 Å². The zero-order valence-corrected chi connectivity index (χ0v) is 19.3. The predicted octanol–water partition coefficient (Wildman–Crippen LogP) is 4.33. The fourth-order valence-electron chi connectivity index (χ4n) is 7.46. The quantitative estimate of drug-likeness (QED) is 0.751. The first-order valence-corrected chi connectivity index (χ1v) is 13.7. The number of hydrogen-bond donors (Lipinski definition) is 1. The van der Waals surface area contributed by atoms with Crippen LogP contribution in [0.4, 0.5) is 0 Å². The molecule has 5 nitrogen and oxygen atoms in total. The van der Waals surface area contributed by atoms with Crippen LogP contribution in [0.1, 0.15) is 51.4 Å². The number of nitrogens with one attached hydrogen (secondary N) is 1. The Balaban J connectivity index is 1.11. The Morgan fingerprint density at radius 1 is 0.875 bits per heavy atom. The van der Waals surface area contributed by atoms with Gasteiger partial charge >= 0.3 is 0 Å². The average molecular weight is 453 g/mol. The molecule has 7 rings (SSSR count). The minimum atomic E-state index is -3.54. The molecule has 5 aliphatic rings. The zero-order chi connectivity index (χ0) is 21.9. The fourth-order valence-corrected chi connectivity index (χ4v) is 8.97. The molecule has 4 saturated carbocycles. The third kappa shape index (κ3) is 3.56. The summed E-state index contributed by atoms with van der Waals surface area (Å²) in [5, 5.41) is 5.46. The summed E-state index contributed by atoms with van der Waals surface area (Å²) < 4.78 is 28.0. The Hall–Kier alpha value is -1.92. The molecule has 32 heavy (non-hydrogen) atoms. The largest absolute Gasteiger partial charge is 0.350 e. The molecule has 1 saturated heterocycles. The number of hydrogen-bond acceptors (Lipinski definition) is 3. The van der Waals surface area contributed by atoms with Gasteiger partial charge in [0.2, 0.25) is 15.9 Å². The SMILES string of the molecule is O=C(NC12CC3CC(CC(C3)C1)C2)C1CCN(S(=O)(=O)c2ccc3ccccc3c2)CC1. The molecule has 2 aromatic rings. The Morgan fingerprint density at radius 3 is 2.09 bits per heavy atom. The lowest BCUT2D eigenvalue weighted by Crippen LogP contribution is -2.61. The van der Waals surface area contributed by atoms with Crippen molar-refractivity contribution >= 4 is 26.7 Å². The van der Waals surface area contributed by atoms with E-state index < -0.39 is 10.0 Å². The van der Waals surface area contributed by atoms with E-state index in [1.54, 1.807) is 16.4 Å². The smallest absolute Gasteiger partial charge is 0.243 e. The van der Waals surface area contributed by atoms with Gasteiger partial charge in [-0.1, -0.05) is 30.3 Å².